The van der Waals surface area contributed by atoms with Crippen molar-refractivity contribution in [3.8, 4) is 0 Å². The van der Waals surface area contributed by atoms with Gasteiger partial charge in [0.25, 0.3) is 0 Å². The summed E-state index contributed by atoms with van der Waals surface area (Å²) in [6.07, 6.45) is 4.73. The Hall–Kier alpha value is -1.71. The normalized spacial score (nSPS) is 10.7. The van der Waals surface area contributed by atoms with E-state index in [1.807, 2.05) is 0 Å². The van der Waals surface area contributed by atoms with Gasteiger partial charge in [-0.15, -0.1) is 0 Å². The van der Waals surface area contributed by atoms with Crippen molar-refractivity contribution in [2.24, 2.45) is 0 Å². The Bertz CT molecular complexity index is 434. The molecule has 0 aliphatic carbocycles. The number of hydrogen-bond donors (Lipinski definition) is 5. The molecule has 0 radical (unpaired) electrons. The van der Waals surface area contributed by atoms with Crippen molar-refractivity contribution < 1.29 is 14.4 Å². The Kier molecular flexibility index (Phi) is 17.5. The molecule has 3 amide bonds. The molecule has 0 bridgehead atoms. The van der Waals surface area contributed by atoms with Crippen LogP contribution < -0.4 is 26.6 Å². The molecule has 28 heavy (non-hydrogen) atoms. The van der Waals surface area contributed by atoms with E-state index in [2.05, 4.69) is 31.5 Å². The highest BCUT2D eigenvalue weighted by Crippen LogP contribution is 2.00. The number of unbranched alkanes of at least 4 members (excludes halogenated alkanes) is 2. The van der Waals surface area contributed by atoms with Crippen molar-refractivity contribution in [2.45, 2.75) is 38.5 Å². The smallest absolute Gasteiger partial charge is 0.221 e. The fourth-order valence-electron chi connectivity index (χ4n) is 2.62. The highest BCUT2D eigenvalue weighted by atomic mass is 16.2. The molecule has 0 aliphatic heterocycles. The van der Waals surface area contributed by atoms with E-state index in [1.165, 1.54) is 0 Å². The summed E-state index contributed by atoms with van der Waals surface area (Å²) in [6.45, 7) is 5.62. The molecule has 9 heteroatoms. The number of carbonyl (C=O) groups is 3. The van der Waals surface area contributed by atoms with E-state index in [0.717, 1.165) is 52.0 Å². The van der Waals surface area contributed by atoms with Crippen LogP contribution in [-0.4, -0.2) is 89.6 Å². The van der Waals surface area contributed by atoms with Gasteiger partial charge in [0, 0.05) is 73.1 Å². The average molecular weight is 401 g/mol. The van der Waals surface area contributed by atoms with Gasteiger partial charge in [-0.25, -0.2) is 0 Å². The predicted molar refractivity (Wildman–Crippen MR) is 112 cm³/mol. The minimum absolute atomic E-state index is 0.0351. The van der Waals surface area contributed by atoms with E-state index in [-0.39, 0.29) is 17.7 Å². The first kappa shape index (κ1) is 26.3. The molecule has 0 saturated heterocycles. The summed E-state index contributed by atoms with van der Waals surface area (Å²) in [6, 6.07) is 0. The lowest BCUT2D eigenvalue weighted by molar-refractivity contribution is -0.121. The summed E-state index contributed by atoms with van der Waals surface area (Å²) < 4.78 is 0. The van der Waals surface area contributed by atoms with Crippen LogP contribution in [0, 0.1) is 0 Å². The van der Waals surface area contributed by atoms with Crippen LogP contribution in [0.25, 0.3) is 0 Å². The summed E-state index contributed by atoms with van der Waals surface area (Å²) in [5.41, 5.74) is 0. The standard InChI is InChI=1S/C19H40N6O3/c1-20-17(26)7-11-23-10-5-4-6-14-25(15-9-19(28)22-3)16-13-24-12-8-18(27)21-2/h23-24H,4-16H2,1-3H3,(H,20,26)(H,21,27)(H,22,28). The molecule has 0 unspecified atom stereocenters. The highest BCUT2D eigenvalue weighted by molar-refractivity contribution is 5.76. The summed E-state index contributed by atoms with van der Waals surface area (Å²) in [5, 5.41) is 14.4. The van der Waals surface area contributed by atoms with E-state index in [0.29, 0.717) is 32.4 Å². The molecule has 0 rings (SSSR count). The first-order chi connectivity index (χ1) is 13.5. The predicted octanol–water partition coefficient (Wildman–Crippen LogP) is -0.954. The Balaban J connectivity index is 3.89. The van der Waals surface area contributed by atoms with E-state index in [1.54, 1.807) is 21.1 Å². The summed E-state index contributed by atoms with van der Waals surface area (Å²) in [7, 11) is 4.94. The summed E-state index contributed by atoms with van der Waals surface area (Å²) in [4.78, 5) is 36.1. The van der Waals surface area contributed by atoms with Gasteiger partial charge in [-0.3, -0.25) is 14.4 Å². The van der Waals surface area contributed by atoms with Crippen LogP contribution in [0.2, 0.25) is 0 Å². The zero-order valence-corrected chi connectivity index (χ0v) is 17.9. The first-order valence-corrected chi connectivity index (χ1v) is 10.3. The first-order valence-electron chi connectivity index (χ1n) is 10.3. The third-order valence-corrected chi connectivity index (χ3v) is 4.48. The van der Waals surface area contributed by atoms with Gasteiger partial charge < -0.3 is 31.5 Å². The lowest BCUT2D eigenvalue weighted by atomic mass is 10.2. The molecule has 9 nitrogen and oxygen atoms in total. The Morgan fingerprint density at radius 3 is 1.68 bits per heavy atom. The molecule has 0 aliphatic rings. The highest BCUT2D eigenvalue weighted by Gasteiger charge is 2.07. The third kappa shape index (κ3) is 16.5. The molecule has 0 aromatic carbocycles. The van der Waals surface area contributed by atoms with Crippen molar-refractivity contribution in [1.29, 1.82) is 0 Å². The Morgan fingerprint density at radius 2 is 1.11 bits per heavy atom. The fourth-order valence-corrected chi connectivity index (χ4v) is 2.62. The van der Waals surface area contributed by atoms with Crippen molar-refractivity contribution >= 4 is 17.7 Å². The molecule has 0 fully saturated rings. The van der Waals surface area contributed by atoms with E-state index >= 15 is 0 Å². The van der Waals surface area contributed by atoms with E-state index in [9.17, 15) is 14.4 Å². The monoisotopic (exact) mass is 400 g/mol. The van der Waals surface area contributed by atoms with Crippen molar-refractivity contribution in [3.05, 3.63) is 0 Å². The second kappa shape index (κ2) is 18.6. The molecular weight excluding hydrogens is 360 g/mol. The van der Waals surface area contributed by atoms with Crippen LogP contribution in [0.5, 0.6) is 0 Å². The van der Waals surface area contributed by atoms with Gasteiger partial charge in [-0.05, 0) is 25.9 Å². The lowest BCUT2D eigenvalue weighted by Gasteiger charge is -2.22. The van der Waals surface area contributed by atoms with Crippen LogP contribution in [0.15, 0.2) is 0 Å². The number of rotatable bonds is 18. The average Bonchev–Trinajstić information content (AvgIpc) is 2.71. The van der Waals surface area contributed by atoms with Gasteiger partial charge in [-0.2, -0.15) is 0 Å². The summed E-state index contributed by atoms with van der Waals surface area (Å²) >= 11 is 0. The number of carbonyl (C=O) groups excluding carboxylic acids is 3. The number of hydrogen-bond acceptors (Lipinski definition) is 6. The quantitative estimate of drug-likeness (QED) is 0.190. The van der Waals surface area contributed by atoms with Crippen LogP contribution >= 0.6 is 0 Å². The second-order valence-electron chi connectivity index (χ2n) is 6.67. The van der Waals surface area contributed by atoms with Gasteiger partial charge in [-0.1, -0.05) is 6.42 Å². The molecule has 0 heterocycles. The minimum Gasteiger partial charge on any atom is -0.359 e. The largest absolute Gasteiger partial charge is 0.359 e. The van der Waals surface area contributed by atoms with Crippen molar-refractivity contribution in [3.63, 3.8) is 0 Å². The maximum atomic E-state index is 11.5. The zero-order chi connectivity index (χ0) is 21.0. The zero-order valence-electron chi connectivity index (χ0n) is 17.9. The van der Waals surface area contributed by atoms with Crippen LogP contribution in [0.3, 0.4) is 0 Å². The Morgan fingerprint density at radius 1 is 0.571 bits per heavy atom. The fraction of sp³-hybridized carbons (Fsp3) is 0.842. The van der Waals surface area contributed by atoms with Gasteiger partial charge >= 0.3 is 0 Å². The van der Waals surface area contributed by atoms with Crippen LogP contribution in [-0.2, 0) is 14.4 Å². The molecular formula is C19H40N6O3. The number of nitrogens with one attached hydrogen (secondary N) is 5. The third-order valence-electron chi connectivity index (χ3n) is 4.48. The minimum atomic E-state index is 0.0351. The molecule has 164 valence electrons. The molecule has 5 N–H and O–H groups in total. The van der Waals surface area contributed by atoms with Crippen molar-refractivity contribution in [2.75, 3.05) is 67.0 Å². The Labute approximate surface area is 169 Å². The summed E-state index contributed by atoms with van der Waals surface area (Å²) in [5.74, 6) is 0.147. The van der Waals surface area contributed by atoms with Gasteiger partial charge in [0.2, 0.25) is 17.7 Å². The van der Waals surface area contributed by atoms with Crippen LogP contribution in [0.4, 0.5) is 0 Å². The van der Waals surface area contributed by atoms with Gasteiger partial charge in [0.15, 0.2) is 0 Å². The maximum Gasteiger partial charge on any atom is 0.221 e. The van der Waals surface area contributed by atoms with Crippen molar-refractivity contribution in [1.82, 2.24) is 31.5 Å². The molecule has 0 aromatic rings. The van der Waals surface area contributed by atoms with Gasteiger partial charge in [0.1, 0.15) is 0 Å². The molecule has 0 saturated carbocycles. The topological polar surface area (TPSA) is 115 Å². The molecule has 0 spiro atoms. The number of amides is 3. The number of nitrogens with zero attached hydrogens (tertiary/aromatic N) is 1. The second-order valence-corrected chi connectivity index (χ2v) is 6.67. The van der Waals surface area contributed by atoms with E-state index < -0.39 is 0 Å². The van der Waals surface area contributed by atoms with E-state index in [4.69, 9.17) is 0 Å². The molecule has 0 atom stereocenters. The van der Waals surface area contributed by atoms with Crippen LogP contribution in [0.1, 0.15) is 38.5 Å². The molecule has 0 aromatic heterocycles. The SMILES string of the molecule is CNC(=O)CCNCCCCCN(CCNCCC(=O)NC)CCC(=O)NC. The van der Waals surface area contributed by atoms with Gasteiger partial charge in [0.05, 0.1) is 0 Å². The maximum absolute atomic E-state index is 11.5. The lowest BCUT2D eigenvalue weighted by Crippen LogP contribution is -2.36.